The summed E-state index contributed by atoms with van der Waals surface area (Å²) in [7, 11) is 4.06. The van der Waals surface area contributed by atoms with E-state index in [4.69, 9.17) is 11.6 Å². The first-order valence-corrected chi connectivity index (χ1v) is 10.1. The number of carbonyl (C=O) groups excluding carboxylic acids is 1. The first-order chi connectivity index (χ1) is 12.9. The number of halogens is 2. The van der Waals surface area contributed by atoms with Gasteiger partial charge >= 0.3 is 0 Å². The normalized spacial score (nSPS) is 24.7. The molecule has 2 aromatic heterocycles. The third-order valence-electron chi connectivity index (χ3n) is 5.42. The summed E-state index contributed by atoms with van der Waals surface area (Å²) in [6, 6.07) is 1.30. The van der Waals surface area contributed by atoms with Crippen molar-refractivity contribution < 1.29 is 9.18 Å². The fraction of sp³-hybridized carbons (Fsp3) is 0.500. The molecule has 27 heavy (non-hydrogen) atoms. The Morgan fingerprint density at radius 3 is 2.89 bits per heavy atom. The maximum absolute atomic E-state index is 14.4. The number of anilines is 1. The van der Waals surface area contributed by atoms with Crippen LogP contribution in [0.5, 0.6) is 0 Å². The Kier molecular flexibility index (Phi) is 4.82. The Hall–Kier alpha value is -1.77. The highest BCUT2D eigenvalue weighted by Gasteiger charge is 2.54. The van der Waals surface area contributed by atoms with E-state index in [1.165, 1.54) is 23.6 Å². The average Bonchev–Trinajstić information content (AvgIpc) is 3.27. The van der Waals surface area contributed by atoms with Crippen molar-refractivity contribution >= 4 is 34.7 Å². The van der Waals surface area contributed by atoms with Gasteiger partial charge in [0.2, 0.25) is 0 Å². The minimum absolute atomic E-state index is 0.0221. The molecular weight excluding hydrogens is 389 g/mol. The van der Waals surface area contributed by atoms with Gasteiger partial charge in [0.1, 0.15) is 5.69 Å². The van der Waals surface area contributed by atoms with Gasteiger partial charge in [-0.25, -0.2) is 14.4 Å². The lowest BCUT2D eigenvalue weighted by Gasteiger charge is -2.32. The molecule has 144 valence electrons. The second kappa shape index (κ2) is 7.00. The Labute approximate surface area is 166 Å². The maximum atomic E-state index is 14.4. The molecule has 0 saturated carbocycles. The van der Waals surface area contributed by atoms with Crippen LogP contribution < -0.4 is 4.90 Å². The predicted octanol–water partition coefficient (Wildman–Crippen LogP) is 2.47. The van der Waals surface area contributed by atoms with Crippen LogP contribution in [0.3, 0.4) is 0 Å². The van der Waals surface area contributed by atoms with E-state index in [0.29, 0.717) is 42.7 Å². The molecule has 2 fully saturated rings. The van der Waals surface area contributed by atoms with Crippen molar-refractivity contribution in [3.63, 3.8) is 0 Å². The lowest BCUT2D eigenvalue weighted by atomic mass is 9.80. The zero-order valence-corrected chi connectivity index (χ0v) is 16.8. The minimum atomic E-state index is -0.405. The first-order valence-electron chi connectivity index (χ1n) is 8.76. The lowest BCUT2D eigenvalue weighted by molar-refractivity contribution is 0.0760. The van der Waals surface area contributed by atoms with Crippen LogP contribution in [-0.2, 0) is 0 Å². The average molecular weight is 410 g/mol. The summed E-state index contributed by atoms with van der Waals surface area (Å²) in [5, 5.41) is 2.08. The SMILES string of the molecule is CN(C)C[C@@]12CN(C(=O)c3cscn3)C[C@@H]1CN(c1ncc(Cl)cc1F)C2. The Balaban J connectivity index is 1.58. The molecule has 4 rings (SSSR count). The lowest BCUT2D eigenvalue weighted by Crippen LogP contribution is -2.43. The molecule has 0 unspecified atom stereocenters. The van der Waals surface area contributed by atoms with E-state index >= 15 is 0 Å². The third-order valence-corrected chi connectivity index (χ3v) is 6.21. The highest BCUT2D eigenvalue weighted by Crippen LogP contribution is 2.44. The molecule has 9 heteroatoms. The van der Waals surface area contributed by atoms with Gasteiger partial charge in [-0.05, 0) is 20.2 Å². The van der Waals surface area contributed by atoms with E-state index < -0.39 is 5.82 Å². The van der Waals surface area contributed by atoms with Crippen LogP contribution in [0.4, 0.5) is 10.2 Å². The van der Waals surface area contributed by atoms with E-state index in [1.807, 2.05) is 23.9 Å². The molecule has 0 N–H and O–H groups in total. The number of amides is 1. The van der Waals surface area contributed by atoms with Crippen LogP contribution >= 0.6 is 22.9 Å². The second-order valence-electron chi connectivity index (χ2n) is 7.70. The zero-order valence-electron chi connectivity index (χ0n) is 15.2. The number of fused-ring (bicyclic) bond motifs is 1. The maximum Gasteiger partial charge on any atom is 0.273 e. The van der Waals surface area contributed by atoms with Crippen LogP contribution in [0.15, 0.2) is 23.2 Å². The van der Waals surface area contributed by atoms with Crippen molar-refractivity contribution in [2.75, 3.05) is 51.7 Å². The Bertz CT molecular complexity index is 848. The molecule has 0 spiro atoms. The second-order valence-corrected chi connectivity index (χ2v) is 8.85. The van der Waals surface area contributed by atoms with Gasteiger partial charge in [0, 0.05) is 55.6 Å². The van der Waals surface area contributed by atoms with Gasteiger partial charge < -0.3 is 14.7 Å². The van der Waals surface area contributed by atoms with E-state index in [-0.39, 0.29) is 17.2 Å². The highest BCUT2D eigenvalue weighted by molar-refractivity contribution is 7.07. The van der Waals surface area contributed by atoms with Crippen molar-refractivity contribution in [2.45, 2.75) is 0 Å². The van der Waals surface area contributed by atoms with Gasteiger partial charge in [0.25, 0.3) is 5.91 Å². The molecule has 6 nitrogen and oxygen atoms in total. The van der Waals surface area contributed by atoms with Gasteiger partial charge in [-0.1, -0.05) is 11.6 Å². The Morgan fingerprint density at radius 2 is 2.22 bits per heavy atom. The molecule has 4 heterocycles. The van der Waals surface area contributed by atoms with Gasteiger partial charge in [0.05, 0.1) is 10.5 Å². The van der Waals surface area contributed by atoms with Crippen LogP contribution in [0.25, 0.3) is 0 Å². The van der Waals surface area contributed by atoms with Gasteiger partial charge in [-0.15, -0.1) is 11.3 Å². The summed E-state index contributed by atoms with van der Waals surface area (Å²) < 4.78 is 14.4. The number of thiazole rings is 1. The zero-order chi connectivity index (χ0) is 19.2. The quantitative estimate of drug-likeness (QED) is 0.776. The number of aromatic nitrogens is 2. The standard InChI is InChI=1S/C18H21ClFN5OS/c1-23(2)8-18-9-24(16-14(20)3-13(19)4-21-16)5-12(18)6-25(10-18)17(26)15-7-27-11-22-15/h3-4,7,11-12H,5-6,8-10H2,1-2H3/t12-,18+/m0/s1. The number of likely N-dealkylation sites (tertiary alicyclic amines) is 1. The first kappa shape index (κ1) is 18.6. The number of nitrogens with zero attached hydrogens (tertiary/aromatic N) is 5. The fourth-order valence-electron chi connectivity index (χ4n) is 4.47. The van der Waals surface area contributed by atoms with Gasteiger partial charge in [-0.2, -0.15) is 0 Å². The number of hydrogen-bond acceptors (Lipinski definition) is 6. The number of rotatable bonds is 4. The summed E-state index contributed by atoms with van der Waals surface area (Å²) >= 11 is 7.26. The molecule has 2 aliphatic rings. The van der Waals surface area contributed by atoms with Gasteiger partial charge in [0.15, 0.2) is 11.6 Å². The van der Waals surface area contributed by atoms with E-state index in [2.05, 4.69) is 14.9 Å². The van der Waals surface area contributed by atoms with Crippen molar-refractivity contribution in [1.82, 2.24) is 19.8 Å². The summed E-state index contributed by atoms with van der Waals surface area (Å²) in [5.41, 5.74) is 2.06. The smallest absolute Gasteiger partial charge is 0.273 e. The molecule has 1 amide bonds. The number of carbonyl (C=O) groups is 1. The van der Waals surface area contributed by atoms with Crippen LogP contribution in [-0.4, -0.2) is 72.5 Å². The third kappa shape index (κ3) is 3.41. The summed E-state index contributed by atoms with van der Waals surface area (Å²) in [5.74, 6) is 0.160. The van der Waals surface area contributed by atoms with E-state index in [9.17, 15) is 9.18 Å². The van der Waals surface area contributed by atoms with Crippen LogP contribution in [0.1, 0.15) is 10.5 Å². The van der Waals surface area contributed by atoms with E-state index in [0.717, 1.165) is 6.54 Å². The largest absolute Gasteiger partial charge is 0.353 e. The molecule has 0 aromatic carbocycles. The topological polar surface area (TPSA) is 52.6 Å². The molecule has 2 atom stereocenters. The van der Waals surface area contributed by atoms with Crippen LogP contribution in [0.2, 0.25) is 5.02 Å². The van der Waals surface area contributed by atoms with E-state index in [1.54, 1.807) is 10.9 Å². The molecule has 2 saturated heterocycles. The van der Waals surface area contributed by atoms with Crippen LogP contribution in [0, 0.1) is 17.2 Å². The minimum Gasteiger partial charge on any atom is -0.353 e. The van der Waals surface area contributed by atoms with Crippen molar-refractivity contribution in [3.05, 3.63) is 39.7 Å². The molecule has 0 bridgehead atoms. The summed E-state index contributed by atoms with van der Waals surface area (Å²) in [6.07, 6.45) is 1.48. The predicted molar refractivity (Wildman–Crippen MR) is 104 cm³/mol. The van der Waals surface area contributed by atoms with Crippen molar-refractivity contribution in [3.8, 4) is 0 Å². The van der Waals surface area contributed by atoms with Crippen molar-refractivity contribution in [1.29, 1.82) is 0 Å². The molecule has 2 aliphatic heterocycles. The molecule has 0 radical (unpaired) electrons. The molecular formula is C18H21ClFN5OS. The number of hydrogen-bond donors (Lipinski definition) is 0. The monoisotopic (exact) mass is 409 g/mol. The number of pyridine rings is 1. The Morgan fingerprint density at radius 1 is 1.41 bits per heavy atom. The molecule has 2 aromatic rings. The summed E-state index contributed by atoms with van der Waals surface area (Å²) in [4.78, 5) is 27.2. The van der Waals surface area contributed by atoms with Crippen molar-refractivity contribution in [2.24, 2.45) is 11.3 Å². The fourth-order valence-corrected chi connectivity index (χ4v) is 5.14. The summed E-state index contributed by atoms with van der Waals surface area (Å²) in [6.45, 7) is 3.43. The van der Waals surface area contributed by atoms with Gasteiger partial charge in [-0.3, -0.25) is 4.79 Å². The highest BCUT2D eigenvalue weighted by atomic mass is 35.5. The molecule has 0 aliphatic carbocycles.